The van der Waals surface area contributed by atoms with Gasteiger partial charge in [0, 0.05) is 45.0 Å². The Balaban J connectivity index is 1.34. The fourth-order valence-electron chi connectivity index (χ4n) is 3.47. The lowest BCUT2D eigenvalue weighted by atomic mass is 10.1. The summed E-state index contributed by atoms with van der Waals surface area (Å²) < 4.78 is 0. The molecule has 2 amide bonds. The molecule has 0 atom stereocenters. The van der Waals surface area contributed by atoms with Crippen molar-refractivity contribution in [2.45, 2.75) is 20.0 Å². The zero-order chi connectivity index (χ0) is 16.5. The average Bonchev–Trinajstić information content (AvgIpc) is 3.17. The quantitative estimate of drug-likeness (QED) is 0.869. The first-order chi connectivity index (χ1) is 11.7. The van der Waals surface area contributed by atoms with Crippen LogP contribution >= 0.6 is 0 Å². The van der Waals surface area contributed by atoms with E-state index in [1.54, 1.807) is 6.20 Å². The predicted molar refractivity (Wildman–Crippen MR) is 93.8 cm³/mol. The molecule has 0 aliphatic carbocycles. The Morgan fingerprint density at radius 2 is 1.75 bits per heavy atom. The SMILES string of the molecule is Cc1ccc(N2CCN(CCN3Cc4ccccc4C3)C2=O)cn1. The molecular formula is C19H22N4O. The maximum absolute atomic E-state index is 12.6. The molecule has 24 heavy (non-hydrogen) atoms. The summed E-state index contributed by atoms with van der Waals surface area (Å²) in [5.41, 5.74) is 4.69. The average molecular weight is 322 g/mol. The summed E-state index contributed by atoms with van der Waals surface area (Å²) in [5.74, 6) is 0. The molecule has 4 rings (SSSR count). The number of aryl methyl sites for hydroxylation is 1. The molecular weight excluding hydrogens is 300 g/mol. The van der Waals surface area contributed by atoms with Crippen molar-refractivity contribution in [1.29, 1.82) is 0 Å². The monoisotopic (exact) mass is 322 g/mol. The number of hydrogen-bond donors (Lipinski definition) is 0. The number of hydrogen-bond acceptors (Lipinski definition) is 3. The molecule has 1 aromatic carbocycles. The van der Waals surface area contributed by atoms with E-state index in [1.807, 2.05) is 28.9 Å². The van der Waals surface area contributed by atoms with Crippen LogP contribution in [0.3, 0.4) is 0 Å². The summed E-state index contributed by atoms with van der Waals surface area (Å²) >= 11 is 0. The number of fused-ring (bicyclic) bond motifs is 1. The van der Waals surface area contributed by atoms with Crippen LogP contribution in [0.4, 0.5) is 10.5 Å². The summed E-state index contributed by atoms with van der Waals surface area (Å²) in [6.45, 7) is 7.16. The predicted octanol–water partition coefficient (Wildman–Crippen LogP) is 2.65. The van der Waals surface area contributed by atoms with Gasteiger partial charge in [0.2, 0.25) is 0 Å². The van der Waals surface area contributed by atoms with Gasteiger partial charge < -0.3 is 4.90 Å². The van der Waals surface area contributed by atoms with Gasteiger partial charge in [0.05, 0.1) is 11.9 Å². The van der Waals surface area contributed by atoms with E-state index in [-0.39, 0.29) is 6.03 Å². The highest BCUT2D eigenvalue weighted by Crippen LogP contribution is 2.23. The first-order valence-electron chi connectivity index (χ1n) is 8.49. The lowest BCUT2D eigenvalue weighted by molar-refractivity contribution is 0.204. The maximum Gasteiger partial charge on any atom is 0.324 e. The van der Waals surface area contributed by atoms with Crippen LogP contribution < -0.4 is 4.90 Å². The van der Waals surface area contributed by atoms with E-state index in [2.05, 4.69) is 34.1 Å². The van der Waals surface area contributed by atoms with Crippen LogP contribution in [-0.2, 0) is 13.1 Å². The molecule has 0 unspecified atom stereocenters. The standard InChI is InChI=1S/C19H22N4O/c1-15-6-7-18(12-20-15)23-11-10-22(19(23)24)9-8-21-13-16-4-2-3-5-17(16)14-21/h2-7,12H,8-11,13-14H2,1H3. The fraction of sp³-hybridized carbons (Fsp3) is 0.368. The molecule has 0 saturated carbocycles. The minimum absolute atomic E-state index is 0.0948. The fourth-order valence-corrected chi connectivity index (χ4v) is 3.47. The molecule has 0 radical (unpaired) electrons. The molecule has 1 fully saturated rings. The maximum atomic E-state index is 12.6. The van der Waals surface area contributed by atoms with Gasteiger partial charge in [0.25, 0.3) is 0 Å². The second-order valence-electron chi connectivity index (χ2n) is 6.56. The minimum atomic E-state index is 0.0948. The molecule has 5 nitrogen and oxygen atoms in total. The largest absolute Gasteiger partial charge is 0.324 e. The molecule has 1 saturated heterocycles. The number of rotatable bonds is 4. The summed E-state index contributed by atoms with van der Waals surface area (Å²) in [7, 11) is 0. The third kappa shape index (κ3) is 2.87. The Morgan fingerprint density at radius 1 is 1.00 bits per heavy atom. The normalized spacial score (nSPS) is 17.6. The van der Waals surface area contributed by atoms with Crippen molar-refractivity contribution >= 4 is 11.7 Å². The van der Waals surface area contributed by atoms with E-state index >= 15 is 0 Å². The van der Waals surface area contributed by atoms with Crippen LogP contribution in [0.1, 0.15) is 16.8 Å². The van der Waals surface area contributed by atoms with Crippen LogP contribution in [0.5, 0.6) is 0 Å². The summed E-state index contributed by atoms with van der Waals surface area (Å²) in [6.07, 6.45) is 1.79. The Bertz CT molecular complexity index is 718. The number of urea groups is 1. The van der Waals surface area contributed by atoms with Crippen molar-refractivity contribution in [2.24, 2.45) is 0 Å². The van der Waals surface area contributed by atoms with Crippen LogP contribution in [-0.4, -0.2) is 47.0 Å². The number of aromatic nitrogens is 1. The lowest BCUT2D eigenvalue weighted by Gasteiger charge is -2.21. The van der Waals surface area contributed by atoms with E-state index in [9.17, 15) is 4.79 Å². The van der Waals surface area contributed by atoms with Crippen molar-refractivity contribution in [2.75, 3.05) is 31.1 Å². The number of benzene rings is 1. The van der Waals surface area contributed by atoms with Crippen molar-refractivity contribution in [3.63, 3.8) is 0 Å². The molecule has 124 valence electrons. The van der Waals surface area contributed by atoms with E-state index in [0.717, 1.165) is 50.6 Å². The second kappa shape index (κ2) is 6.24. The zero-order valence-corrected chi connectivity index (χ0v) is 14.0. The highest BCUT2D eigenvalue weighted by atomic mass is 16.2. The number of nitrogens with zero attached hydrogens (tertiary/aromatic N) is 4. The van der Waals surface area contributed by atoms with Crippen LogP contribution in [0.15, 0.2) is 42.6 Å². The highest BCUT2D eigenvalue weighted by Gasteiger charge is 2.30. The molecule has 2 aliphatic rings. The molecule has 0 spiro atoms. The summed E-state index contributed by atoms with van der Waals surface area (Å²) in [5, 5.41) is 0. The second-order valence-corrected chi connectivity index (χ2v) is 6.56. The highest BCUT2D eigenvalue weighted by molar-refractivity contribution is 5.93. The van der Waals surface area contributed by atoms with E-state index in [0.29, 0.717) is 0 Å². The van der Waals surface area contributed by atoms with Gasteiger partial charge in [-0.05, 0) is 30.2 Å². The van der Waals surface area contributed by atoms with Gasteiger partial charge in [-0.1, -0.05) is 24.3 Å². The molecule has 1 aromatic heterocycles. The van der Waals surface area contributed by atoms with Gasteiger partial charge in [-0.3, -0.25) is 14.8 Å². The number of amides is 2. The van der Waals surface area contributed by atoms with Crippen LogP contribution in [0, 0.1) is 6.92 Å². The van der Waals surface area contributed by atoms with Gasteiger partial charge in [-0.15, -0.1) is 0 Å². The van der Waals surface area contributed by atoms with Crippen molar-refractivity contribution < 1.29 is 4.79 Å². The van der Waals surface area contributed by atoms with Crippen LogP contribution in [0.2, 0.25) is 0 Å². The van der Waals surface area contributed by atoms with Crippen molar-refractivity contribution in [1.82, 2.24) is 14.8 Å². The smallest absolute Gasteiger partial charge is 0.321 e. The van der Waals surface area contributed by atoms with Crippen molar-refractivity contribution in [3.05, 3.63) is 59.4 Å². The number of carbonyl (C=O) groups is 1. The van der Waals surface area contributed by atoms with E-state index < -0.39 is 0 Å². The molecule has 3 heterocycles. The molecule has 2 aromatic rings. The Morgan fingerprint density at radius 3 is 2.42 bits per heavy atom. The number of anilines is 1. The van der Waals surface area contributed by atoms with Crippen molar-refractivity contribution in [3.8, 4) is 0 Å². The van der Waals surface area contributed by atoms with Gasteiger partial charge in [0.1, 0.15) is 0 Å². The van der Waals surface area contributed by atoms with Gasteiger partial charge in [-0.2, -0.15) is 0 Å². The third-order valence-electron chi connectivity index (χ3n) is 4.89. The van der Waals surface area contributed by atoms with Gasteiger partial charge >= 0.3 is 6.03 Å². The summed E-state index contributed by atoms with van der Waals surface area (Å²) in [6, 6.07) is 12.6. The first kappa shape index (κ1) is 15.1. The number of pyridine rings is 1. The zero-order valence-electron chi connectivity index (χ0n) is 14.0. The van der Waals surface area contributed by atoms with E-state index in [4.69, 9.17) is 0 Å². The van der Waals surface area contributed by atoms with Gasteiger partial charge in [-0.25, -0.2) is 4.79 Å². The Hall–Kier alpha value is -2.40. The first-order valence-corrected chi connectivity index (χ1v) is 8.49. The third-order valence-corrected chi connectivity index (χ3v) is 4.89. The minimum Gasteiger partial charge on any atom is -0.321 e. The Labute approximate surface area is 142 Å². The molecule has 5 heteroatoms. The lowest BCUT2D eigenvalue weighted by Crippen LogP contribution is -2.36. The van der Waals surface area contributed by atoms with Gasteiger partial charge in [0.15, 0.2) is 0 Å². The molecule has 0 N–H and O–H groups in total. The van der Waals surface area contributed by atoms with E-state index in [1.165, 1.54) is 11.1 Å². The topological polar surface area (TPSA) is 39.7 Å². The van der Waals surface area contributed by atoms with Crippen LogP contribution in [0.25, 0.3) is 0 Å². The Kier molecular flexibility index (Phi) is 3.94. The molecule has 2 aliphatic heterocycles. The number of carbonyl (C=O) groups excluding carboxylic acids is 1. The summed E-state index contributed by atoms with van der Waals surface area (Å²) in [4.78, 5) is 23.1. The molecule has 0 bridgehead atoms.